The number of aromatic nitrogens is 3. The number of nitriles is 1. The van der Waals surface area contributed by atoms with Gasteiger partial charge in [-0.3, -0.25) is 0 Å². The van der Waals surface area contributed by atoms with Crippen molar-refractivity contribution in [3.63, 3.8) is 0 Å². The van der Waals surface area contributed by atoms with Crippen molar-refractivity contribution in [1.29, 1.82) is 5.26 Å². The molecule has 0 aliphatic heterocycles. The number of aromatic hydroxyl groups is 1. The lowest BCUT2D eigenvalue weighted by atomic mass is 10.0. The Hall–Kier alpha value is -4.65. The third-order valence-electron chi connectivity index (χ3n) is 5.92. The van der Waals surface area contributed by atoms with Gasteiger partial charge >= 0.3 is 0 Å². The summed E-state index contributed by atoms with van der Waals surface area (Å²) in [6, 6.07) is 25.8. The van der Waals surface area contributed by atoms with Crippen LogP contribution in [0.1, 0.15) is 30.7 Å². The zero-order chi connectivity index (χ0) is 27.4. The number of rotatable bonds is 8. The number of fused-ring (bicyclic) bond motifs is 1. The second-order valence-electron chi connectivity index (χ2n) is 9.29. The van der Waals surface area contributed by atoms with Crippen LogP contribution in [0.5, 0.6) is 11.5 Å². The Morgan fingerprint density at radius 3 is 2.56 bits per heavy atom. The van der Waals surface area contributed by atoms with Gasteiger partial charge in [-0.2, -0.15) is 5.26 Å². The molecule has 5 rings (SSSR count). The van der Waals surface area contributed by atoms with Crippen molar-refractivity contribution in [1.82, 2.24) is 15.0 Å². The van der Waals surface area contributed by atoms with E-state index < -0.39 is 5.60 Å². The van der Waals surface area contributed by atoms with Crippen molar-refractivity contribution in [2.24, 2.45) is 0 Å². The van der Waals surface area contributed by atoms with Crippen molar-refractivity contribution in [2.45, 2.75) is 35.8 Å². The van der Waals surface area contributed by atoms with Crippen molar-refractivity contribution < 1.29 is 14.9 Å². The lowest BCUT2D eigenvalue weighted by Crippen LogP contribution is -2.17. The fraction of sp³-hybridized carbons (Fsp3) is 0.133. The average Bonchev–Trinajstić information content (AvgIpc) is 2.94. The van der Waals surface area contributed by atoms with E-state index in [1.165, 1.54) is 18.1 Å². The number of phenols is 1. The van der Waals surface area contributed by atoms with E-state index in [4.69, 9.17) is 4.74 Å². The third kappa shape index (κ3) is 6.09. The summed E-state index contributed by atoms with van der Waals surface area (Å²) in [6.45, 7) is 3.59. The van der Waals surface area contributed by atoms with Gasteiger partial charge in [0, 0.05) is 21.4 Å². The first-order chi connectivity index (χ1) is 18.8. The lowest BCUT2D eigenvalue weighted by Gasteiger charge is -2.18. The summed E-state index contributed by atoms with van der Waals surface area (Å²) in [7, 11) is 0. The van der Waals surface area contributed by atoms with E-state index in [1.807, 2.05) is 54.6 Å². The van der Waals surface area contributed by atoms with Gasteiger partial charge in [0.15, 0.2) is 5.65 Å². The largest absolute Gasteiger partial charge is 0.508 e. The molecule has 39 heavy (non-hydrogen) atoms. The van der Waals surface area contributed by atoms with Crippen LogP contribution in [0.25, 0.3) is 11.0 Å². The quantitative estimate of drug-likeness (QED) is 0.210. The van der Waals surface area contributed by atoms with E-state index in [2.05, 4.69) is 26.3 Å². The SMILES string of the molecule is CC(C)(O)c1ccc2c(Nc3cc(OCc4ccccc4C#N)ccc3Sc3ccc(O)cc3)ncnc2n1. The Morgan fingerprint density at radius 1 is 1.00 bits per heavy atom. The van der Waals surface area contributed by atoms with Crippen molar-refractivity contribution >= 4 is 34.3 Å². The molecule has 0 saturated carbocycles. The Labute approximate surface area is 230 Å². The second kappa shape index (κ2) is 11.0. The maximum atomic E-state index is 10.4. The molecule has 0 unspecified atom stereocenters. The molecule has 0 aliphatic rings. The molecule has 0 aliphatic carbocycles. The molecule has 8 nitrogen and oxygen atoms in total. The predicted octanol–water partition coefficient (Wildman–Crippen LogP) is 6.30. The lowest BCUT2D eigenvalue weighted by molar-refractivity contribution is 0.0741. The van der Waals surface area contributed by atoms with Crippen LogP contribution in [-0.4, -0.2) is 25.2 Å². The van der Waals surface area contributed by atoms with Gasteiger partial charge < -0.3 is 20.3 Å². The van der Waals surface area contributed by atoms with Crippen LogP contribution in [0.2, 0.25) is 0 Å². The highest BCUT2D eigenvalue weighted by atomic mass is 32.2. The summed E-state index contributed by atoms with van der Waals surface area (Å²) in [5.74, 6) is 1.36. The normalized spacial score (nSPS) is 11.2. The zero-order valence-corrected chi connectivity index (χ0v) is 22.1. The van der Waals surface area contributed by atoms with Gasteiger partial charge in [-0.15, -0.1) is 0 Å². The number of anilines is 2. The first-order valence-corrected chi connectivity index (χ1v) is 13.0. The van der Waals surface area contributed by atoms with E-state index in [9.17, 15) is 15.5 Å². The van der Waals surface area contributed by atoms with Crippen molar-refractivity contribution in [3.8, 4) is 17.6 Å². The monoisotopic (exact) mass is 535 g/mol. The average molecular weight is 536 g/mol. The summed E-state index contributed by atoms with van der Waals surface area (Å²) in [4.78, 5) is 15.1. The number of hydrogen-bond donors (Lipinski definition) is 3. The highest BCUT2D eigenvalue weighted by Gasteiger charge is 2.19. The van der Waals surface area contributed by atoms with E-state index in [0.717, 1.165) is 21.0 Å². The Kier molecular flexibility index (Phi) is 7.32. The van der Waals surface area contributed by atoms with Crippen molar-refractivity contribution in [3.05, 3.63) is 102 Å². The molecule has 0 spiro atoms. The van der Waals surface area contributed by atoms with Gasteiger partial charge in [0.2, 0.25) is 0 Å². The smallest absolute Gasteiger partial charge is 0.165 e. The zero-order valence-electron chi connectivity index (χ0n) is 21.3. The molecule has 5 aromatic rings. The molecule has 0 atom stereocenters. The number of aliphatic hydroxyl groups is 1. The van der Waals surface area contributed by atoms with Gasteiger partial charge in [-0.25, -0.2) is 15.0 Å². The molecule has 0 radical (unpaired) electrons. The van der Waals surface area contributed by atoms with Gasteiger partial charge in [-0.05, 0) is 68.4 Å². The van der Waals surface area contributed by atoms with Crippen LogP contribution in [0, 0.1) is 11.3 Å². The Morgan fingerprint density at radius 2 is 1.79 bits per heavy atom. The van der Waals surface area contributed by atoms with E-state index in [0.29, 0.717) is 33.9 Å². The fourth-order valence-electron chi connectivity index (χ4n) is 3.85. The molecular weight excluding hydrogens is 510 g/mol. The fourth-order valence-corrected chi connectivity index (χ4v) is 4.74. The van der Waals surface area contributed by atoms with E-state index in [-0.39, 0.29) is 12.4 Å². The van der Waals surface area contributed by atoms with Crippen LogP contribution in [0.3, 0.4) is 0 Å². The molecule has 0 saturated heterocycles. The van der Waals surface area contributed by atoms with Crippen LogP contribution >= 0.6 is 11.8 Å². The third-order valence-corrected chi connectivity index (χ3v) is 7.01. The number of nitrogens with zero attached hydrogens (tertiary/aromatic N) is 4. The standard InChI is InChI=1S/C30H25N5O3S/c1-30(2,37)27-14-12-24-28(32-18-33-29(24)35-27)34-25-15-22(38-17-20-6-4-3-5-19(20)16-31)9-13-26(25)39-23-10-7-21(36)8-11-23/h3-15,18,36-37H,17H2,1-2H3,(H,32,33,34,35). The molecule has 194 valence electrons. The van der Waals surface area contributed by atoms with Crippen LogP contribution in [0.4, 0.5) is 11.5 Å². The van der Waals surface area contributed by atoms with E-state index in [1.54, 1.807) is 38.1 Å². The highest BCUT2D eigenvalue weighted by Crippen LogP contribution is 2.38. The molecule has 0 bridgehead atoms. The number of pyridine rings is 1. The number of phenolic OH excluding ortho intramolecular Hbond substituents is 1. The summed E-state index contributed by atoms with van der Waals surface area (Å²) in [5.41, 5.74) is 1.98. The number of nitrogens with one attached hydrogen (secondary N) is 1. The summed E-state index contributed by atoms with van der Waals surface area (Å²) >= 11 is 1.52. The molecule has 3 aromatic carbocycles. The first kappa shape index (κ1) is 26.0. The predicted molar refractivity (Wildman–Crippen MR) is 150 cm³/mol. The molecule has 9 heteroatoms. The Balaban J connectivity index is 1.49. The number of ether oxygens (including phenoxy) is 1. The molecule has 3 N–H and O–H groups in total. The highest BCUT2D eigenvalue weighted by molar-refractivity contribution is 7.99. The first-order valence-electron chi connectivity index (χ1n) is 12.1. The van der Waals surface area contributed by atoms with Crippen LogP contribution in [0.15, 0.2) is 95.0 Å². The summed E-state index contributed by atoms with van der Waals surface area (Å²) < 4.78 is 6.07. The molecule has 0 amide bonds. The Bertz CT molecular complexity index is 1680. The minimum atomic E-state index is -1.10. The van der Waals surface area contributed by atoms with Crippen LogP contribution < -0.4 is 10.1 Å². The van der Waals surface area contributed by atoms with E-state index >= 15 is 0 Å². The summed E-state index contributed by atoms with van der Waals surface area (Å²) in [5, 5.41) is 33.6. The van der Waals surface area contributed by atoms with Gasteiger partial charge in [0.25, 0.3) is 0 Å². The van der Waals surface area contributed by atoms with Gasteiger partial charge in [-0.1, -0.05) is 30.0 Å². The minimum Gasteiger partial charge on any atom is -0.508 e. The maximum Gasteiger partial charge on any atom is 0.165 e. The summed E-state index contributed by atoms with van der Waals surface area (Å²) in [6.07, 6.45) is 1.43. The van der Waals surface area contributed by atoms with Crippen molar-refractivity contribution in [2.75, 3.05) is 5.32 Å². The maximum absolute atomic E-state index is 10.4. The van der Waals surface area contributed by atoms with Gasteiger partial charge in [0.05, 0.1) is 28.4 Å². The second-order valence-corrected chi connectivity index (χ2v) is 10.4. The van der Waals surface area contributed by atoms with Gasteiger partial charge in [0.1, 0.15) is 35.9 Å². The topological polar surface area (TPSA) is 124 Å². The molecule has 2 aromatic heterocycles. The number of hydrogen-bond acceptors (Lipinski definition) is 9. The number of benzene rings is 3. The molecule has 2 heterocycles. The molecular formula is C30H25N5O3S. The minimum absolute atomic E-state index is 0.199. The molecule has 0 fully saturated rings. The van der Waals surface area contributed by atoms with Crippen LogP contribution in [-0.2, 0) is 12.2 Å².